The summed E-state index contributed by atoms with van der Waals surface area (Å²) < 4.78 is 29.5. The second kappa shape index (κ2) is 11.0. The minimum atomic E-state index is -4.08. The monoisotopic (exact) mass is 327 g/mol. The first kappa shape index (κ1) is 27.6. The third-order valence-electron chi connectivity index (χ3n) is 1.56. The summed E-state index contributed by atoms with van der Waals surface area (Å²) in [4.78, 5) is 20.4. The van der Waals surface area contributed by atoms with Crippen LogP contribution in [0.4, 0.5) is 0 Å². The van der Waals surface area contributed by atoms with Gasteiger partial charge in [0.2, 0.25) is 5.91 Å². The van der Waals surface area contributed by atoms with Crippen molar-refractivity contribution >= 4 is 22.0 Å². The Hall–Kier alpha value is -1.75. The molecule has 1 amide bonds. The highest BCUT2D eigenvalue weighted by atomic mass is 32.2. The summed E-state index contributed by atoms with van der Waals surface area (Å²) >= 11 is 0. The van der Waals surface area contributed by atoms with E-state index in [9.17, 15) is 18.0 Å². The molecular weight excluding hydrogens is 302 g/mol. The molecule has 21 heavy (non-hydrogen) atoms. The van der Waals surface area contributed by atoms with E-state index in [0.717, 1.165) is 6.08 Å². The second-order valence-corrected chi connectivity index (χ2v) is 5.84. The molecule has 0 aliphatic heterocycles. The van der Waals surface area contributed by atoms with E-state index in [-0.39, 0.29) is 17.9 Å². The van der Waals surface area contributed by atoms with Crippen molar-refractivity contribution in [1.82, 2.24) is 17.6 Å². The SMILES string of the molecule is C=C(C)C(=O)O.C=CC(=O)NC(C)(C)CS(=O)(=O)O.N.N. The summed E-state index contributed by atoms with van der Waals surface area (Å²) in [6.45, 7) is 10.8. The Bertz CT molecular complexity index is 458. The molecule has 0 saturated carbocycles. The van der Waals surface area contributed by atoms with Gasteiger partial charge < -0.3 is 22.7 Å². The molecule has 9 nitrogen and oxygen atoms in total. The van der Waals surface area contributed by atoms with E-state index in [4.69, 9.17) is 9.66 Å². The first-order valence-electron chi connectivity index (χ1n) is 5.09. The van der Waals surface area contributed by atoms with Crippen molar-refractivity contribution in [3.63, 3.8) is 0 Å². The van der Waals surface area contributed by atoms with Crippen LogP contribution in [0.2, 0.25) is 0 Å². The first-order valence-corrected chi connectivity index (χ1v) is 6.70. The molecule has 0 aliphatic carbocycles. The van der Waals surface area contributed by atoms with E-state index in [0.29, 0.717) is 0 Å². The molecule has 0 heterocycles. The zero-order chi connectivity index (χ0) is 15.9. The lowest BCUT2D eigenvalue weighted by Crippen LogP contribution is -2.47. The van der Waals surface area contributed by atoms with Crippen LogP contribution in [0.25, 0.3) is 0 Å². The lowest BCUT2D eigenvalue weighted by Gasteiger charge is -2.23. The first-order chi connectivity index (χ1) is 8.30. The molecule has 0 aromatic rings. The Morgan fingerprint density at radius 2 is 1.62 bits per heavy atom. The number of nitrogens with one attached hydrogen (secondary N) is 1. The zero-order valence-corrected chi connectivity index (χ0v) is 13.4. The van der Waals surface area contributed by atoms with Crippen molar-refractivity contribution in [2.75, 3.05) is 5.75 Å². The van der Waals surface area contributed by atoms with Crippen LogP contribution in [-0.2, 0) is 19.7 Å². The second-order valence-electron chi connectivity index (χ2n) is 4.39. The van der Waals surface area contributed by atoms with Crippen molar-refractivity contribution in [3.05, 3.63) is 24.8 Å². The molecule has 0 radical (unpaired) electrons. The summed E-state index contributed by atoms with van der Waals surface area (Å²) in [5, 5.41) is 10.3. The molecule has 0 fully saturated rings. The number of hydrogen-bond acceptors (Lipinski definition) is 6. The van der Waals surface area contributed by atoms with E-state index in [1.165, 1.54) is 20.8 Å². The summed E-state index contributed by atoms with van der Waals surface area (Å²) in [5.74, 6) is -1.94. The molecule has 0 rings (SSSR count). The van der Waals surface area contributed by atoms with Gasteiger partial charge in [-0.15, -0.1) is 0 Å². The van der Waals surface area contributed by atoms with Crippen molar-refractivity contribution in [2.24, 2.45) is 0 Å². The van der Waals surface area contributed by atoms with E-state index in [2.05, 4.69) is 18.5 Å². The van der Waals surface area contributed by atoms with Gasteiger partial charge in [0.05, 0.1) is 11.3 Å². The lowest BCUT2D eigenvalue weighted by atomic mass is 10.1. The smallest absolute Gasteiger partial charge is 0.330 e. The Labute approximate surface area is 125 Å². The van der Waals surface area contributed by atoms with E-state index >= 15 is 0 Å². The largest absolute Gasteiger partial charge is 0.478 e. The van der Waals surface area contributed by atoms with Crippen LogP contribution in [0, 0.1) is 0 Å². The van der Waals surface area contributed by atoms with Crippen molar-refractivity contribution in [1.29, 1.82) is 0 Å². The lowest BCUT2D eigenvalue weighted by molar-refractivity contribution is -0.132. The summed E-state index contributed by atoms with van der Waals surface area (Å²) in [5.41, 5.74) is -0.825. The van der Waals surface area contributed by atoms with Crippen LogP contribution >= 0.6 is 0 Å². The Morgan fingerprint density at radius 1 is 1.29 bits per heavy atom. The topological polar surface area (TPSA) is 191 Å². The van der Waals surface area contributed by atoms with Crippen LogP contribution in [-0.4, -0.2) is 41.2 Å². The van der Waals surface area contributed by atoms with Gasteiger partial charge in [0.25, 0.3) is 10.1 Å². The quantitative estimate of drug-likeness (QED) is 0.363. The summed E-state index contributed by atoms with van der Waals surface area (Å²) in [6.07, 6.45) is 1.03. The minimum absolute atomic E-state index is 0. The predicted octanol–water partition coefficient (Wildman–Crippen LogP) is 0.926. The number of carboxylic acids is 1. The Morgan fingerprint density at radius 3 is 1.81 bits per heavy atom. The van der Waals surface area contributed by atoms with Crippen molar-refractivity contribution < 1.29 is 27.7 Å². The molecule has 126 valence electrons. The van der Waals surface area contributed by atoms with Crippen molar-refractivity contribution in [3.8, 4) is 0 Å². The highest BCUT2D eigenvalue weighted by Gasteiger charge is 2.25. The van der Waals surface area contributed by atoms with Gasteiger partial charge in [-0.3, -0.25) is 9.35 Å². The Balaban J connectivity index is -0.000000156. The minimum Gasteiger partial charge on any atom is -0.478 e. The third-order valence-corrected chi connectivity index (χ3v) is 2.64. The van der Waals surface area contributed by atoms with Gasteiger partial charge in [0.15, 0.2) is 0 Å². The molecule has 0 bridgehead atoms. The maximum atomic E-state index is 10.8. The average Bonchev–Trinajstić information content (AvgIpc) is 2.13. The van der Waals surface area contributed by atoms with E-state index < -0.39 is 33.3 Å². The number of aliphatic carboxylic acids is 1. The number of carbonyl (C=O) groups excluding carboxylic acids is 1. The third kappa shape index (κ3) is 20.7. The predicted molar refractivity (Wildman–Crippen MR) is 81.3 cm³/mol. The Kier molecular flexibility index (Phi) is 14.4. The normalized spacial score (nSPS) is 9.71. The van der Waals surface area contributed by atoms with Gasteiger partial charge in [-0.05, 0) is 26.8 Å². The van der Waals surface area contributed by atoms with Gasteiger partial charge in [0.1, 0.15) is 0 Å². The molecular formula is C11H25N3O6S. The van der Waals surface area contributed by atoms with E-state index in [1.54, 1.807) is 0 Å². The fourth-order valence-electron chi connectivity index (χ4n) is 0.877. The fraction of sp³-hybridized carbons (Fsp3) is 0.455. The maximum absolute atomic E-state index is 10.8. The highest BCUT2D eigenvalue weighted by molar-refractivity contribution is 7.85. The number of rotatable bonds is 5. The van der Waals surface area contributed by atoms with Gasteiger partial charge in [-0.25, -0.2) is 4.79 Å². The summed E-state index contributed by atoms with van der Waals surface area (Å²) in [6, 6.07) is 0. The number of hydrogen-bond donors (Lipinski definition) is 5. The van der Waals surface area contributed by atoms with Crippen LogP contribution in [0.3, 0.4) is 0 Å². The number of carboxylic acid groups (broad SMARTS) is 1. The fourth-order valence-corrected chi connectivity index (χ4v) is 1.86. The maximum Gasteiger partial charge on any atom is 0.330 e. The molecule has 0 atom stereocenters. The van der Waals surface area contributed by atoms with Gasteiger partial charge >= 0.3 is 5.97 Å². The number of amides is 1. The average molecular weight is 327 g/mol. The standard InChI is InChI=1S/C7H13NO4S.C4H6O2.2H3N/c1-4-6(9)8-7(2,3)5-13(10,11)12;1-3(2)4(5)6;;/h4H,1,5H2,2-3H3,(H,8,9)(H,10,11,12);1H2,2H3,(H,5,6);2*1H3. The molecule has 0 saturated heterocycles. The van der Waals surface area contributed by atoms with Crippen LogP contribution < -0.4 is 17.6 Å². The molecule has 0 aliphatic rings. The summed E-state index contributed by atoms with van der Waals surface area (Å²) in [7, 11) is -4.08. The van der Waals surface area contributed by atoms with Gasteiger partial charge in [0, 0.05) is 5.57 Å². The van der Waals surface area contributed by atoms with Crippen LogP contribution in [0.1, 0.15) is 20.8 Å². The molecule has 10 heteroatoms. The molecule has 0 spiro atoms. The molecule has 0 aromatic heterocycles. The van der Waals surface area contributed by atoms with Gasteiger partial charge in [-0.2, -0.15) is 8.42 Å². The van der Waals surface area contributed by atoms with Crippen molar-refractivity contribution in [2.45, 2.75) is 26.3 Å². The molecule has 0 aromatic carbocycles. The van der Waals surface area contributed by atoms with Gasteiger partial charge in [-0.1, -0.05) is 13.2 Å². The molecule has 0 unspecified atom stereocenters. The number of carbonyl (C=O) groups is 2. The van der Waals surface area contributed by atoms with Crippen LogP contribution in [0.15, 0.2) is 24.8 Å². The highest BCUT2D eigenvalue weighted by Crippen LogP contribution is 2.05. The van der Waals surface area contributed by atoms with E-state index in [1.807, 2.05) is 0 Å². The van der Waals surface area contributed by atoms with Crippen LogP contribution in [0.5, 0.6) is 0 Å². The molecule has 9 N–H and O–H groups in total. The zero-order valence-electron chi connectivity index (χ0n) is 12.5.